The summed E-state index contributed by atoms with van der Waals surface area (Å²) in [6.07, 6.45) is 0. The minimum atomic E-state index is -2.90. The molecule has 7 heavy (non-hydrogen) atoms. The average molecular weight is 363 g/mol. The Balaban J connectivity index is 0. The third-order valence-electron chi connectivity index (χ3n) is 0.278. The second kappa shape index (κ2) is 2.08. The van der Waals surface area contributed by atoms with Crippen molar-refractivity contribution >= 4 is 0 Å². The molecule has 0 aliphatic rings. The van der Waals surface area contributed by atoms with Gasteiger partial charge in [-0.15, -0.1) is 0 Å². The third-order valence-corrected chi connectivity index (χ3v) is 0.278. The second-order valence-corrected chi connectivity index (χ2v) is 1.23. The molecule has 0 fully saturated rings. The Morgan fingerprint density at radius 1 is 1.57 bits per heavy atom. The molecule has 0 aromatic heterocycles. The molecule has 0 aliphatic carbocycles. The van der Waals surface area contributed by atoms with Crippen molar-refractivity contribution in [3.8, 4) is 0 Å². The fourth-order valence-corrected chi connectivity index (χ4v) is 0. The topological polar surface area (TPSA) is 20.2 Å². The van der Waals surface area contributed by atoms with E-state index in [1.54, 1.807) is 0 Å². The summed E-state index contributed by atoms with van der Waals surface area (Å²) < 4.78 is 22.4. The number of rotatable bonds is 1. The van der Waals surface area contributed by atoms with Crippen LogP contribution in [0.1, 0.15) is 6.92 Å². The zero-order chi connectivity index (χ0) is 5.21. The first-order valence-corrected chi connectivity index (χ1v) is 1.55. The number of aliphatic hydroxyl groups excluding tert-OH is 1. The molecule has 0 amide bonds. The van der Waals surface area contributed by atoms with Gasteiger partial charge >= 0.3 is 0 Å². The Kier molecular flexibility index (Phi) is 2.75. The van der Waals surface area contributed by atoms with Crippen LogP contribution in [-0.2, 0) is 0 Å². The predicted octanol–water partition coefficient (Wildman–Crippen LogP) is 0.634. The Hall–Kier alpha value is -1.18. The number of hydrogen-bond acceptors (Lipinski definition) is 1. The van der Waals surface area contributed by atoms with Crippen LogP contribution in [0.3, 0.4) is 0 Å². The van der Waals surface area contributed by atoms with E-state index in [1.165, 1.54) is 0 Å². The van der Waals surface area contributed by atoms with Crippen molar-refractivity contribution in [3.05, 3.63) is 0 Å². The van der Waals surface area contributed by atoms with Crippen LogP contribution < -0.4 is 0 Å². The van der Waals surface area contributed by atoms with E-state index in [1.807, 2.05) is 0 Å². The van der Waals surface area contributed by atoms with Crippen LogP contribution in [0.15, 0.2) is 0 Å². The van der Waals surface area contributed by atoms with Crippen molar-refractivity contribution in [1.82, 2.24) is 0 Å². The van der Waals surface area contributed by atoms with Crippen LogP contribution >= 0.6 is 0 Å². The number of halogens is 2. The minimum absolute atomic E-state index is 0. The Morgan fingerprint density at radius 2 is 1.71 bits per heavy atom. The van der Waals surface area contributed by atoms with Gasteiger partial charge in [-0.25, -0.2) is 8.78 Å². The van der Waals surface area contributed by atoms with Gasteiger partial charge in [0.05, 0.1) is 0 Å². The molecule has 1 nitrogen and oxygen atoms in total. The predicted molar refractivity (Wildman–Crippen MR) is 17.7 cm³/mol. The van der Waals surface area contributed by atoms with Gasteiger partial charge in [0.25, 0.3) is 5.92 Å². The standard InChI is InChI=1S/C3H6F2O.Rf/c1-3(4,5)2-6;/h6H,2H2,1H3;. The smallest absolute Gasteiger partial charge is 0.267 e. The molecule has 0 unspecified atom stereocenters. The molecule has 0 saturated heterocycles. The summed E-state index contributed by atoms with van der Waals surface area (Å²) in [6, 6.07) is 0. The SMILES string of the molecule is CC(F)(F)CO.[Rf]. The van der Waals surface area contributed by atoms with Crippen LogP contribution in [0, 0.1) is 0 Å². The zero-order valence-electron chi connectivity index (χ0n) is 4.12. The monoisotopic (exact) mass is 363 g/mol. The molecule has 0 heterocycles. The summed E-state index contributed by atoms with van der Waals surface area (Å²) in [4.78, 5) is 0. The molecule has 0 aromatic rings. The minimum Gasteiger partial charge on any atom is -0.390 e. The number of aliphatic hydroxyl groups is 1. The van der Waals surface area contributed by atoms with Crippen LogP contribution in [0.4, 0.5) is 8.78 Å². The second-order valence-electron chi connectivity index (χ2n) is 1.23. The van der Waals surface area contributed by atoms with Crippen molar-refractivity contribution in [3.63, 3.8) is 0 Å². The average Bonchev–Trinajstić information content (AvgIpc) is 1.35. The summed E-state index contributed by atoms with van der Waals surface area (Å²) in [5.41, 5.74) is 0. The molecule has 0 aromatic carbocycles. The largest absolute Gasteiger partial charge is 0.390 e. The fourth-order valence-electron chi connectivity index (χ4n) is 0. The molecular weight excluding hydrogens is 357 g/mol. The normalized spacial score (nSPS) is 10.3. The van der Waals surface area contributed by atoms with Crippen molar-refractivity contribution in [2.45, 2.75) is 12.8 Å². The van der Waals surface area contributed by atoms with Gasteiger partial charge in [-0.3, -0.25) is 0 Å². The van der Waals surface area contributed by atoms with Crippen molar-refractivity contribution in [2.24, 2.45) is 0 Å². The van der Waals surface area contributed by atoms with Gasteiger partial charge in [0.2, 0.25) is 0 Å². The van der Waals surface area contributed by atoms with Gasteiger partial charge in [0.1, 0.15) is 6.61 Å². The Morgan fingerprint density at radius 3 is 1.71 bits per heavy atom. The zero-order valence-corrected chi connectivity index (χ0v) is 10.5. The van der Waals surface area contributed by atoms with Gasteiger partial charge in [0, 0.05) is 6.92 Å². The summed E-state index contributed by atoms with van der Waals surface area (Å²) in [7, 11) is 0. The summed E-state index contributed by atoms with van der Waals surface area (Å²) >= 11 is 0. The molecule has 0 rings (SSSR count). The molecular formula is C3H6F2ORf. The molecule has 40 valence electrons. The van der Waals surface area contributed by atoms with E-state index in [2.05, 4.69) is 0 Å². The first kappa shape index (κ1) is 9.27. The summed E-state index contributed by atoms with van der Waals surface area (Å²) in [5.74, 6) is -2.90. The van der Waals surface area contributed by atoms with E-state index in [-0.39, 0.29) is 0 Å². The van der Waals surface area contributed by atoms with E-state index in [0.29, 0.717) is 6.92 Å². The first-order valence-electron chi connectivity index (χ1n) is 1.55. The first-order chi connectivity index (χ1) is 2.56. The van der Waals surface area contributed by atoms with Crippen LogP contribution in [0.5, 0.6) is 0 Å². The molecule has 0 saturated carbocycles. The quantitative estimate of drug-likeness (QED) is 0.725. The van der Waals surface area contributed by atoms with Gasteiger partial charge in [0.15, 0.2) is 0 Å². The summed E-state index contributed by atoms with van der Waals surface area (Å²) in [6.45, 7) is -0.403. The molecule has 1 N–H and O–H groups in total. The van der Waals surface area contributed by atoms with E-state index < -0.39 is 12.5 Å². The molecule has 0 aliphatic heterocycles. The molecule has 0 bridgehead atoms. The van der Waals surface area contributed by atoms with Gasteiger partial charge in [-0.2, -0.15) is 0 Å². The maximum absolute atomic E-state index is 11.2. The van der Waals surface area contributed by atoms with E-state index >= 15 is 0 Å². The van der Waals surface area contributed by atoms with E-state index in [9.17, 15) is 8.78 Å². The van der Waals surface area contributed by atoms with Crippen molar-refractivity contribution in [1.29, 1.82) is 0 Å². The van der Waals surface area contributed by atoms with Crippen LogP contribution in [0.2, 0.25) is 0 Å². The summed E-state index contributed by atoms with van der Waals surface area (Å²) in [5, 5.41) is 7.65. The number of alkyl halides is 2. The Labute approximate surface area is 34.6 Å². The molecule has 0 atom stereocenters. The van der Waals surface area contributed by atoms with Crippen LogP contribution in [0.25, 0.3) is 0 Å². The molecule has 0 radical (unpaired) electrons. The van der Waals surface area contributed by atoms with Crippen LogP contribution in [-0.4, -0.2) is 17.6 Å². The van der Waals surface area contributed by atoms with Crippen molar-refractivity contribution in [2.75, 3.05) is 6.61 Å². The van der Waals surface area contributed by atoms with Gasteiger partial charge in [-0.05, 0) is 0 Å². The molecule has 4 heteroatoms. The van der Waals surface area contributed by atoms with E-state index in [0.717, 1.165) is 0 Å². The van der Waals surface area contributed by atoms with Gasteiger partial charge < -0.3 is 5.11 Å². The molecule has 0 spiro atoms. The van der Waals surface area contributed by atoms with E-state index in [4.69, 9.17) is 5.11 Å². The Bertz CT molecular complexity index is 42.7. The van der Waals surface area contributed by atoms with Crippen molar-refractivity contribution < 1.29 is 13.9 Å². The third kappa shape index (κ3) is 11.6. The fraction of sp³-hybridized carbons (Fsp3) is 1.00. The number of hydrogen-bond donors (Lipinski definition) is 1. The maximum atomic E-state index is 11.2. The van der Waals surface area contributed by atoms with Gasteiger partial charge in [-0.1, -0.05) is 0 Å². The maximum Gasteiger partial charge on any atom is 0.267 e.